The van der Waals surface area contributed by atoms with Crippen LogP contribution in [0.1, 0.15) is 27.0 Å². The van der Waals surface area contributed by atoms with E-state index in [2.05, 4.69) is 42.3 Å². The standard InChI is InChI=1S/C23H20ClN3O/c1-15-9-16(2)11-19(10-15)27-14-26-21-12-17(7-8-22(21)27)23(28)25-13-18-5-3-4-6-20(18)24/h3-12,14H,13H2,1-2H3,(H,25,28). The minimum Gasteiger partial charge on any atom is -0.348 e. The molecule has 140 valence electrons. The predicted molar refractivity (Wildman–Crippen MR) is 113 cm³/mol. The zero-order chi connectivity index (χ0) is 19.7. The van der Waals surface area contributed by atoms with E-state index >= 15 is 0 Å². The summed E-state index contributed by atoms with van der Waals surface area (Å²) in [6.07, 6.45) is 1.80. The van der Waals surface area contributed by atoms with Crippen LogP contribution in [0.5, 0.6) is 0 Å². The third-order valence-electron chi connectivity index (χ3n) is 4.69. The van der Waals surface area contributed by atoms with Crippen molar-refractivity contribution in [2.45, 2.75) is 20.4 Å². The van der Waals surface area contributed by atoms with Crippen LogP contribution in [0, 0.1) is 13.8 Å². The number of benzene rings is 3. The average molecular weight is 390 g/mol. The second kappa shape index (κ2) is 7.49. The van der Waals surface area contributed by atoms with E-state index in [9.17, 15) is 4.79 Å². The number of imidazole rings is 1. The summed E-state index contributed by atoms with van der Waals surface area (Å²) in [6, 6.07) is 19.4. The van der Waals surface area contributed by atoms with Crippen LogP contribution in [0.25, 0.3) is 16.7 Å². The molecule has 0 atom stereocenters. The van der Waals surface area contributed by atoms with Gasteiger partial charge in [0.15, 0.2) is 0 Å². The first-order chi connectivity index (χ1) is 13.5. The molecule has 0 spiro atoms. The molecule has 1 heterocycles. The Bertz CT molecular complexity index is 1160. The van der Waals surface area contributed by atoms with Crippen LogP contribution in [0.2, 0.25) is 5.02 Å². The number of nitrogens with one attached hydrogen (secondary N) is 1. The van der Waals surface area contributed by atoms with E-state index in [1.807, 2.05) is 47.0 Å². The first-order valence-electron chi connectivity index (χ1n) is 9.08. The number of hydrogen-bond acceptors (Lipinski definition) is 2. The van der Waals surface area contributed by atoms with E-state index in [1.54, 1.807) is 6.33 Å². The highest BCUT2D eigenvalue weighted by Gasteiger charge is 2.11. The second-order valence-electron chi connectivity index (χ2n) is 6.94. The monoisotopic (exact) mass is 389 g/mol. The number of amides is 1. The Morgan fingerprint density at radius 1 is 1.04 bits per heavy atom. The molecule has 1 N–H and O–H groups in total. The molecule has 5 heteroatoms. The zero-order valence-corrected chi connectivity index (χ0v) is 16.5. The number of rotatable bonds is 4. The third-order valence-corrected chi connectivity index (χ3v) is 5.06. The lowest BCUT2D eigenvalue weighted by Gasteiger charge is -2.09. The summed E-state index contributed by atoms with van der Waals surface area (Å²) in [5.74, 6) is -0.150. The van der Waals surface area contributed by atoms with Gasteiger partial charge in [-0.05, 0) is 66.9 Å². The molecule has 4 rings (SSSR count). The van der Waals surface area contributed by atoms with Gasteiger partial charge in [-0.2, -0.15) is 0 Å². The van der Waals surface area contributed by atoms with Gasteiger partial charge in [0.2, 0.25) is 0 Å². The molecule has 1 aromatic heterocycles. The number of hydrogen-bond donors (Lipinski definition) is 1. The molecule has 1 amide bonds. The fraction of sp³-hybridized carbons (Fsp3) is 0.130. The van der Waals surface area contributed by atoms with Crippen molar-refractivity contribution in [3.05, 3.63) is 94.3 Å². The third kappa shape index (κ3) is 3.64. The molecular weight excluding hydrogens is 370 g/mol. The summed E-state index contributed by atoms with van der Waals surface area (Å²) >= 11 is 6.15. The first kappa shape index (κ1) is 18.3. The maximum absolute atomic E-state index is 12.6. The van der Waals surface area contributed by atoms with Crippen LogP contribution in [0.4, 0.5) is 0 Å². The number of fused-ring (bicyclic) bond motifs is 1. The molecule has 4 nitrogen and oxygen atoms in total. The van der Waals surface area contributed by atoms with Gasteiger partial charge in [-0.15, -0.1) is 0 Å². The number of carbonyl (C=O) groups excluding carboxylic acids is 1. The molecule has 0 unspecified atom stereocenters. The first-order valence-corrected chi connectivity index (χ1v) is 9.46. The van der Waals surface area contributed by atoms with Gasteiger partial charge in [-0.25, -0.2) is 4.98 Å². The Morgan fingerprint density at radius 3 is 2.54 bits per heavy atom. The molecule has 4 aromatic rings. The fourth-order valence-electron chi connectivity index (χ4n) is 3.37. The van der Waals surface area contributed by atoms with Gasteiger partial charge >= 0.3 is 0 Å². The van der Waals surface area contributed by atoms with Crippen LogP contribution in [-0.2, 0) is 6.54 Å². The highest BCUT2D eigenvalue weighted by Crippen LogP contribution is 2.22. The lowest BCUT2D eigenvalue weighted by Crippen LogP contribution is -2.22. The van der Waals surface area contributed by atoms with Crippen LogP contribution in [0.15, 0.2) is 67.0 Å². The van der Waals surface area contributed by atoms with E-state index in [0.29, 0.717) is 17.1 Å². The largest absolute Gasteiger partial charge is 0.348 e. The van der Waals surface area contributed by atoms with E-state index in [-0.39, 0.29) is 5.91 Å². The molecule has 0 aliphatic carbocycles. The molecule has 0 aliphatic heterocycles. The van der Waals surface area contributed by atoms with Crippen molar-refractivity contribution in [2.75, 3.05) is 0 Å². The van der Waals surface area contributed by atoms with Crippen LogP contribution < -0.4 is 5.32 Å². The maximum atomic E-state index is 12.6. The lowest BCUT2D eigenvalue weighted by molar-refractivity contribution is 0.0951. The number of carbonyl (C=O) groups is 1. The molecule has 0 fully saturated rings. The van der Waals surface area contributed by atoms with Gasteiger partial charge in [0.1, 0.15) is 6.33 Å². The summed E-state index contributed by atoms with van der Waals surface area (Å²) in [5.41, 5.74) is 6.68. The quantitative estimate of drug-likeness (QED) is 0.519. The molecule has 0 bridgehead atoms. The Hall–Kier alpha value is -3.11. The van der Waals surface area contributed by atoms with Crippen LogP contribution in [0.3, 0.4) is 0 Å². The van der Waals surface area contributed by atoms with Crippen molar-refractivity contribution >= 4 is 28.5 Å². The number of nitrogens with zero attached hydrogens (tertiary/aromatic N) is 2. The highest BCUT2D eigenvalue weighted by molar-refractivity contribution is 6.31. The van der Waals surface area contributed by atoms with Crippen molar-refractivity contribution in [1.29, 1.82) is 0 Å². The predicted octanol–water partition coefficient (Wildman–Crippen LogP) is 5.23. The molecule has 28 heavy (non-hydrogen) atoms. The normalized spacial score (nSPS) is 11.0. The van der Waals surface area contributed by atoms with E-state index < -0.39 is 0 Å². The van der Waals surface area contributed by atoms with E-state index in [0.717, 1.165) is 22.3 Å². The zero-order valence-electron chi connectivity index (χ0n) is 15.7. The Balaban J connectivity index is 1.58. The number of aryl methyl sites for hydroxylation is 2. The van der Waals surface area contributed by atoms with Crippen molar-refractivity contribution in [3.63, 3.8) is 0 Å². The fourth-order valence-corrected chi connectivity index (χ4v) is 3.57. The minimum atomic E-state index is -0.150. The SMILES string of the molecule is Cc1cc(C)cc(-n2cnc3cc(C(=O)NCc4ccccc4Cl)ccc32)c1. The smallest absolute Gasteiger partial charge is 0.251 e. The molecule has 0 saturated carbocycles. The van der Waals surface area contributed by atoms with Gasteiger partial charge in [0.25, 0.3) is 5.91 Å². The Kier molecular flexibility index (Phi) is 4.88. The topological polar surface area (TPSA) is 46.9 Å². The van der Waals surface area contributed by atoms with Gasteiger partial charge < -0.3 is 5.32 Å². The number of aromatic nitrogens is 2. The van der Waals surface area contributed by atoms with Crippen molar-refractivity contribution in [3.8, 4) is 5.69 Å². The molecule has 0 radical (unpaired) electrons. The average Bonchev–Trinajstić information content (AvgIpc) is 3.09. The van der Waals surface area contributed by atoms with Gasteiger partial charge in [-0.3, -0.25) is 9.36 Å². The van der Waals surface area contributed by atoms with E-state index in [4.69, 9.17) is 11.6 Å². The Morgan fingerprint density at radius 2 is 1.79 bits per heavy atom. The summed E-state index contributed by atoms with van der Waals surface area (Å²) in [7, 11) is 0. The summed E-state index contributed by atoms with van der Waals surface area (Å²) in [6.45, 7) is 4.54. The second-order valence-corrected chi connectivity index (χ2v) is 7.35. The van der Waals surface area contributed by atoms with Crippen molar-refractivity contribution in [1.82, 2.24) is 14.9 Å². The minimum absolute atomic E-state index is 0.150. The molecule has 0 aliphatic rings. The van der Waals surface area contributed by atoms with Crippen molar-refractivity contribution in [2.24, 2.45) is 0 Å². The lowest BCUT2D eigenvalue weighted by atomic mass is 10.1. The van der Waals surface area contributed by atoms with Crippen LogP contribution in [-0.4, -0.2) is 15.5 Å². The molecular formula is C23H20ClN3O. The highest BCUT2D eigenvalue weighted by atomic mass is 35.5. The van der Waals surface area contributed by atoms with Crippen LogP contribution >= 0.6 is 11.6 Å². The van der Waals surface area contributed by atoms with Crippen molar-refractivity contribution < 1.29 is 4.79 Å². The summed E-state index contributed by atoms with van der Waals surface area (Å²) in [5, 5.41) is 3.56. The van der Waals surface area contributed by atoms with Gasteiger partial charge in [0.05, 0.1) is 11.0 Å². The number of halogens is 1. The Labute approximate surface area is 168 Å². The molecule has 3 aromatic carbocycles. The van der Waals surface area contributed by atoms with E-state index in [1.165, 1.54) is 11.1 Å². The van der Waals surface area contributed by atoms with Gasteiger partial charge in [0, 0.05) is 22.8 Å². The maximum Gasteiger partial charge on any atom is 0.251 e. The van der Waals surface area contributed by atoms with Gasteiger partial charge in [-0.1, -0.05) is 35.9 Å². The summed E-state index contributed by atoms with van der Waals surface area (Å²) in [4.78, 5) is 17.0. The summed E-state index contributed by atoms with van der Waals surface area (Å²) < 4.78 is 2.04. The molecule has 0 saturated heterocycles.